The zero-order chi connectivity index (χ0) is 8.55. The topological polar surface area (TPSA) is 43.4 Å². The van der Waals surface area contributed by atoms with Crippen molar-refractivity contribution < 1.29 is 14.3 Å². The molecular formula is C9H12O3. The number of hydrogen-bond donors (Lipinski definition) is 0. The molecule has 0 spiro atoms. The van der Waals surface area contributed by atoms with Crippen molar-refractivity contribution in [1.29, 1.82) is 0 Å². The third-order valence-corrected chi connectivity index (χ3v) is 2.90. The summed E-state index contributed by atoms with van der Waals surface area (Å²) in [5, 5.41) is 0. The molecule has 3 nitrogen and oxygen atoms in total. The Bertz CT molecular complexity index is 202. The van der Waals surface area contributed by atoms with E-state index in [1.807, 2.05) is 0 Å². The summed E-state index contributed by atoms with van der Waals surface area (Å²) in [6.45, 7) is 0. The molecule has 0 radical (unpaired) electrons. The van der Waals surface area contributed by atoms with Gasteiger partial charge in [0.15, 0.2) is 0 Å². The number of ether oxygens (including phenoxy) is 1. The van der Waals surface area contributed by atoms with Crippen LogP contribution >= 0.6 is 0 Å². The molecule has 1 aliphatic heterocycles. The van der Waals surface area contributed by atoms with E-state index >= 15 is 0 Å². The number of carbonyl (C=O) groups is 2. The van der Waals surface area contributed by atoms with Crippen LogP contribution in [-0.4, -0.2) is 11.9 Å². The fraction of sp³-hybridized carbons (Fsp3) is 0.778. The summed E-state index contributed by atoms with van der Waals surface area (Å²) < 4.78 is 4.46. The maximum absolute atomic E-state index is 10.9. The van der Waals surface area contributed by atoms with Gasteiger partial charge in [0.1, 0.15) is 0 Å². The molecule has 2 rings (SSSR count). The summed E-state index contributed by atoms with van der Waals surface area (Å²) in [6, 6.07) is 0. The molecule has 0 amide bonds. The first-order chi connectivity index (χ1) is 5.75. The van der Waals surface area contributed by atoms with Crippen LogP contribution < -0.4 is 0 Å². The van der Waals surface area contributed by atoms with Crippen molar-refractivity contribution in [3.05, 3.63) is 0 Å². The highest BCUT2D eigenvalue weighted by Gasteiger charge is 2.35. The standard InChI is InChI=1S/C9H12O3/c10-8-4-7(5-9(11)12-8)6-2-1-3-6/h6-7H,1-5H2. The highest BCUT2D eigenvalue weighted by atomic mass is 16.6. The highest BCUT2D eigenvalue weighted by Crippen LogP contribution is 2.38. The predicted molar refractivity (Wildman–Crippen MR) is 41.2 cm³/mol. The van der Waals surface area contributed by atoms with Crippen molar-refractivity contribution in [2.75, 3.05) is 0 Å². The first-order valence-corrected chi connectivity index (χ1v) is 4.49. The van der Waals surface area contributed by atoms with Gasteiger partial charge < -0.3 is 4.74 Å². The Labute approximate surface area is 71.1 Å². The summed E-state index contributed by atoms with van der Waals surface area (Å²) in [5.74, 6) is 0.237. The molecule has 1 saturated heterocycles. The van der Waals surface area contributed by atoms with Gasteiger partial charge in [-0.3, -0.25) is 9.59 Å². The normalized spacial score (nSPS) is 26.7. The van der Waals surface area contributed by atoms with Crippen LogP contribution in [0.4, 0.5) is 0 Å². The van der Waals surface area contributed by atoms with Gasteiger partial charge in [-0.05, 0) is 11.8 Å². The van der Waals surface area contributed by atoms with E-state index in [2.05, 4.69) is 4.74 Å². The molecule has 0 bridgehead atoms. The van der Waals surface area contributed by atoms with Crippen LogP contribution in [0.1, 0.15) is 32.1 Å². The van der Waals surface area contributed by atoms with E-state index in [1.54, 1.807) is 0 Å². The van der Waals surface area contributed by atoms with E-state index in [9.17, 15) is 9.59 Å². The Balaban J connectivity index is 1.96. The molecule has 0 N–H and O–H groups in total. The maximum Gasteiger partial charge on any atom is 0.313 e. The fourth-order valence-electron chi connectivity index (χ4n) is 1.96. The smallest absolute Gasteiger partial charge is 0.313 e. The summed E-state index contributed by atoms with van der Waals surface area (Å²) in [7, 11) is 0. The number of hydrogen-bond acceptors (Lipinski definition) is 3. The number of rotatable bonds is 1. The van der Waals surface area contributed by atoms with Crippen molar-refractivity contribution in [3.8, 4) is 0 Å². The van der Waals surface area contributed by atoms with Gasteiger partial charge in [-0.2, -0.15) is 0 Å². The minimum absolute atomic E-state index is 0.285. The SMILES string of the molecule is O=C1CC(C2CCC2)CC(=O)O1. The Morgan fingerprint density at radius 3 is 2.00 bits per heavy atom. The molecule has 1 heterocycles. The van der Waals surface area contributed by atoms with Gasteiger partial charge in [0.05, 0.1) is 0 Å². The largest absolute Gasteiger partial charge is 0.393 e. The van der Waals surface area contributed by atoms with E-state index in [0.29, 0.717) is 18.8 Å². The molecule has 66 valence electrons. The molecule has 2 fully saturated rings. The summed E-state index contributed by atoms with van der Waals surface area (Å²) in [4.78, 5) is 21.8. The van der Waals surface area contributed by atoms with Crippen molar-refractivity contribution in [3.63, 3.8) is 0 Å². The van der Waals surface area contributed by atoms with Crippen molar-refractivity contribution in [2.24, 2.45) is 11.8 Å². The van der Waals surface area contributed by atoms with Crippen LogP contribution in [0.3, 0.4) is 0 Å². The molecule has 0 unspecified atom stereocenters. The molecule has 3 heteroatoms. The molecule has 0 aromatic carbocycles. The van der Waals surface area contributed by atoms with E-state index in [1.165, 1.54) is 19.3 Å². The second kappa shape index (κ2) is 2.88. The molecule has 0 aromatic rings. The van der Waals surface area contributed by atoms with Gasteiger partial charge in [0, 0.05) is 12.8 Å². The van der Waals surface area contributed by atoms with Crippen molar-refractivity contribution in [1.82, 2.24) is 0 Å². The maximum atomic E-state index is 10.9. The molecule has 1 aliphatic carbocycles. The minimum atomic E-state index is -0.330. The number of carbonyl (C=O) groups excluding carboxylic acids is 2. The lowest BCUT2D eigenvalue weighted by Gasteiger charge is -2.34. The first-order valence-electron chi connectivity index (χ1n) is 4.49. The van der Waals surface area contributed by atoms with Crippen LogP contribution in [0.25, 0.3) is 0 Å². The lowest BCUT2D eigenvalue weighted by Crippen LogP contribution is -2.32. The zero-order valence-corrected chi connectivity index (χ0v) is 6.91. The van der Waals surface area contributed by atoms with Crippen molar-refractivity contribution in [2.45, 2.75) is 32.1 Å². The molecule has 0 atom stereocenters. The molecule has 2 aliphatic rings. The number of esters is 2. The predicted octanol–water partition coefficient (Wildman–Crippen LogP) is 1.27. The highest BCUT2D eigenvalue weighted by molar-refractivity contribution is 5.88. The Morgan fingerprint density at radius 1 is 1.00 bits per heavy atom. The summed E-state index contributed by atoms with van der Waals surface area (Å²) in [5.41, 5.74) is 0. The zero-order valence-electron chi connectivity index (χ0n) is 6.91. The van der Waals surface area contributed by atoms with Crippen LogP contribution in [0.2, 0.25) is 0 Å². The first kappa shape index (κ1) is 7.77. The fourth-order valence-corrected chi connectivity index (χ4v) is 1.96. The molecule has 0 aromatic heterocycles. The third kappa shape index (κ3) is 1.36. The van der Waals surface area contributed by atoms with Gasteiger partial charge in [0.2, 0.25) is 0 Å². The Hall–Kier alpha value is -0.860. The second-order valence-corrected chi connectivity index (χ2v) is 3.71. The average molecular weight is 168 g/mol. The van der Waals surface area contributed by atoms with Gasteiger partial charge in [-0.1, -0.05) is 19.3 Å². The van der Waals surface area contributed by atoms with Gasteiger partial charge in [-0.15, -0.1) is 0 Å². The molecule has 12 heavy (non-hydrogen) atoms. The van der Waals surface area contributed by atoms with Gasteiger partial charge in [0.25, 0.3) is 0 Å². The lowest BCUT2D eigenvalue weighted by atomic mass is 9.73. The van der Waals surface area contributed by atoms with E-state index in [-0.39, 0.29) is 17.9 Å². The molecule has 1 saturated carbocycles. The Morgan fingerprint density at radius 2 is 1.58 bits per heavy atom. The van der Waals surface area contributed by atoms with E-state index in [4.69, 9.17) is 0 Å². The molecular weight excluding hydrogens is 156 g/mol. The van der Waals surface area contributed by atoms with E-state index in [0.717, 1.165) is 0 Å². The van der Waals surface area contributed by atoms with Crippen molar-refractivity contribution >= 4 is 11.9 Å². The average Bonchev–Trinajstić information content (AvgIpc) is 1.79. The Kier molecular flexibility index (Phi) is 1.87. The summed E-state index contributed by atoms with van der Waals surface area (Å²) in [6.07, 6.45) is 4.54. The van der Waals surface area contributed by atoms with Crippen LogP contribution in [0.5, 0.6) is 0 Å². The summed E-state index contributed by atoms with van der Waals surface area (Å²) >= 11 is 0. The third-order valence-electron chi connectivity index (χ3n) is 2.90. The van der Waals surface area contributed by atoms with Crippen LogP contribution in [-0.2, 0) is 14.3 Å². The van der Waals surface area contributed by atoms with E-state index < -0.39 is 0 Å². The monoisotopic (exact) mass is 168 g/mol. The number of cyclic esters (lactones) is 2. The quantitative estimate of drug-likeness (QED) is 0.437. The second-order valence-electron chi connectivity index (χ2n) is 3.71. The van der Waals surface area contributed by atoms with Gasteiger partial charge >= 0.3 is 11.9 Å². The van der Waals surface area contributed by atoms with Gasteiger partial charge in [-0.25, -0.2) is 0 Å². The van der Waals surface area contributed by atoms with Crippen LogP contribution in [0, 0.1) is 11.8 Å². The van der Waals surface area contributed by atoms with Crippen LogP contribution in [0.15, 0.2) is 0 Å². The lowest BCUT2D eigenvalue weighted by molar-refractivity contribution is -0.167. The minimum Gasteiger partial charge on any atom is -0.393 e.